The van der Waals surface area contributed by atoms with E-state index < -0.39 is 11.3 Å². The van der Waals surface area contributed by atoms with Crippen molar-refractivity contribution in [2.75, 3.05) is 14.2 Å². The zero-order chi connectivity index (χ0) is 17.3. The molecule has 2 N–H and O–H groups in total. The second kappa shape index (κ2) is 6.08. The molecule has 1 aromatic heterocycles. The number of ketones is 1. The molecule has 24 heavy (non-hydrogen) atoms. The third-order valence-corrected chi connectivity index (χ3v) is 3.77. The molecule has 0 atom stereocenters. The van der Waals surface area contributed by atoms with E-state index in [1.54, 1.807) is 36.4 Å². The molecule has 2 aromatic carbocycles. The number of hydrogen-bond donors (Lipinski definition) is 2. The van der Waals surface area contributed by atoms with Crippen LogP contribution in [0.15, 0.2) is 47.3 Å². The quantitative estimate of drug-likeness (QED) is 0.719. The number of fused-ring (bicyclic) bond motifs is 1. The lowest BCUT2D eigenvalue weighted by molar-refractivity contribution is 0.103. The van der Waals surface area contributed by atoms with Gasteiger partial charge in [0.1, 0.15) is 22.8 Å². The Morgan fingerprint density at radius 1 is 1.08 bits per heavy atom. The van der Waals surface area contributed by atoms with Gasteiger partial charge in [0.15, 0.2) is 0 Å². The van der Waals surface area contributed by atoms with Crippen molar-refractivity contribution in [3.05, 3.63) is 63.9 Å². The van der Waals surface area contributed by atoms with Gasteiger partial charge in [0.25, 0.3) is 5.56 Å². The smallest absolute Gasteiger partial charge is 0.263 e. The number of H-pyrrole nitrogens is 1. The average molecular weight is 325 g/mol. The maximum absolute atomic E-state index is 12.8. The van der Waals surface area contributed by atoms with Gasteiger partial charge in [-0.05, 0) is 24.3 Å². The SMILES string of the molecule is COc1ccc(C(=O)c2c(O)c3ccccc3[nH]c2=O)c(OC)c1. The fourth-order valence-electron chi connectivity index (χ4n) is 2.56. The molecule has 0 radical (unpaired) electrons. The summed E-state index contributed by atoms with van der Waals surface area (Å²) in [5.74, 6) is -0.206. The lowest BCUT2D eigenvalue weighted by Crippen LogP contribution is -2.19. The van der Waals surface area contributed by atoms with Crippen LogP contribution < -0.4 is 15.0 Å². The van der Waals surface area contributed by atoms with Gasteiger partial charge in [-0.3, -0.25) is 9.59 Å². The van der Waals surface area contributed by atoms with Crippen LogP contribution in [-0.4, -0.2) is 30.1 Å². The Kier molecular flexibility index (Phi) is 3.95. The maximum atomic E-state index is 12.8. The summed E-state index contributed by atoms with van der Waals surface area (Å²) in [6.07, 6.45) is 0. The van der Waals surface area contributed by atoms with Crippen molar-refractivity contribution in [1.29, 1.82) is 0 Å². The van der Waals surface area contributed by atoms with E-state index in [0.29, 0.717) is 16.7 Å². The number of hydrogen-bond acceptors (Lipinski definition) is 5. The fourth-order valence-corrected chi connectivity index (χ4v) is 2.56. The van der Waals surface area contributed by atoms with Crippen LogP contribution >= 0.6 is 0 Å². The Labute approximate surface area is 137 Å². The van der Waals surface area contributed by atoms with Crippen LogP contribution in [0.3, 0.4) is 0 Å². The molecule has 0 saturated carbocycles. The van der Waals surface area contributed by atoms with Gasteiger partial charge >= 0.3 is 0 Å². The molecule has 0 aliphatic carbocycles. The Hall–Kier alpha value is -3.28. The van der Waals surface area contributed by atoms with Crippen molar-refractivity contribution in [2.24, 2.45) is 0 Å². The molecule has 0 unspecified atom stereocenters. The maximum Gasteiger partial charge on any atom is 0.263 e. The molecule has 0 saturated heterocycles. The molecule has 0 amide bonds. The highest BCUT2D eigenvalue weighted by atomic mass is 16.5. The Morgan fingerprint density at radius 3 is 2.54 bits per heavy atom. The van der Waals surface area contributed by atoms with Gasteiger partial charge < -0.3 is 19.6 Å². The van der Waals surface area contributed by atoms with Crippen LogP contribution in [0.5, 0.6) is 17.2 Å². The molecule has 3 rings (SSSR count). The molecule has 0 fully saturated rings. The van der Waals surface area contributed by atoms with E-state index in [2.05, 4.69) is 4.98 Å². The van der Waals surface area contributed by atoms with E-state index in [1.807, 2.05) is 0 Å². The molecule has 0 spiro atoms. The number of benzene rings is 2. The summed E-state index contributed by atoms with van der Waals surface area (Å²) in [6, 6.07) is 11.3. The van der Waals surface area contributed by atoms with Gasteiger partial charge in [-0.25, -0.2) is 0 Å². The number of carbonyl (C=O) groups excluding carboxylic acids is 1. The number of aromatic hydroxyl groups is 1. The summed E-state index contributed by atoms with van der Waals surface area (Å²) >= 11 is 0. The van der Waals surface area contributed by atoms with E-state index in [-0.39, 0.29) is 22.6 Å². The van der Waals surface area contributed by atoms with Gasteiger partial charge in [0.05, 0.1) is 25.3 Å². The predicted molar refractivity (Wildman–Crippen MR) is 89.2 cm³/mol. The summed E-state index contributed by atoms with van der Waals surface area (Å²) in [7, 11) is 2.91. The van der Waals surface area contributed by atoms with E-state index >= 15 is 0 Å². The van der Waals surface area contributed by atoms with Crippen LogP contribution in [0, 0.1) is 0 Å². The van der Waals surface area contributed by atoms with Gasteiger partial charge in [0.2, 0.25) is 5.78 Å². The first-order chi connectivity index (χ1) is 11.6. The van der Waals surface area contributed by atoms with Gasteiger partial charge in [-0.1, -0.05) is 12.1 Å². The van der Waals surface area contributed by atoms with Gasteiger partial charge in [-0.2, -0.15) is 0 Å². The van der Waals surface area contributed by atoms with Crippen LogP contribution in [0.25, 0.3) is 10.9 Å². The van der Waals surface area contributed by atoms with Crippen LogP contribution in [0.2, 0.25) is 0 Å². The van der Waals surface area contributed by atoms with Crippen molar-refractivity contribution in [3.8, 4) is 17.2 Å². The molecule has 0 bridgehead atoms. The minimum absolute atomic E-state index is 0.161. The van der Waals surface area contributed by atoms with Crippen molar-refractivity contribution in [2.45, 2.75) is 0 Å². The van der Waals surface area contributed by atoms with Crippen molar-refractivity contribution in [1.82, 2.24) is 4.98 Å². The largest absolute Gasteiger partial charge is 0.506 e. The van der Waals surface area contributed by atoms with Gasteiger partial charge in [0, 0.05) is 11.5 Å². The highest BCUT2D eigenvalue weighted by Crippen LogP contribution is 2.30. The molecule has 0 aliphatic rings. The topological polar surface area (TPSA) is 88.6 Å². The van der Waals surface area contributed by atoms with Gasteiger partial charge in [-0.15, -0.1) is 0 Å². The second-order valence-corrected chi connectivity index (χ2v) is 5.12. The zero-order valence-electron chi connectivity index (χ0n) is 13.1. The molecule has 6 heteroatoms. The van der Waals surface area contributed by atoms with E-state index in [0.717, 1.165) is 0 Å². The summed E-state index contributed by atoms with van der Waals surface area (Å²) in [6.45, 7) is 0. The lowest BCUT2D eigenvalue weighted by Gasteiger charge is -2.11. The number of methoxy groups -OCH3 is 2. The van der Waals surface area contributed by atoms with Crippen molar-refractivity contribution in [3.63, 3.8) is 0 Å². The number of nitrogens with one attached hydrogen (secondary N) is 1. The Morgan fingerprint density at radius 2 is 1.83 bits per heavy atom. The number of ether oxygens (including phenoxy) is 2. The average Bonchev–Trinajstić information content (AvgIpc) is 2.61. The summed E-state index contributed by atoms with van der Waals surface area (Å²) in [5.41, 5.74) is -0.362. The summed E-state index contributed by atoms with van der Waals surface area (Å²) < 4.78 is 10.3. The summed E-state index contributed by atoms with van der Waals surface area (Å²) in [5, 5.41) is 10.8. The highest BCUT2D eigenvalue weighted by molar-refractivity contribution is 6.14. The Bertz CT molecular complexity index is 990. The molecule has 3 aromatic rings. The fraction of sp³-hybridized carbons (Fsp3) is 0.111. The predicted octanol–water partition coefficient (Wildman–Crippen LogP) is 2.48. The van der Waals surface area contributed by atoms with E-state index in [9.17, 15) is 14.7 Å². The number of rotatable bonds is 4. The van der Waals surface area contributed by atoms with E-state index in [4.69, 9.17) is 9.47 Å². The standard InChI is InChI=1S/C18H15NO5/c1-23-10-7-8-12(14(9-10)24-2)17(21)15-16(20)11-5-3-4-6-13(11)19-18(15)22/h3-9H,1-2H3,(H2,19,20,22). The third kappa shape index (κ3) is 2.48. The van der Waals surface area contributed by atoms with Crippen LogP contribution in [-0.2, 0) is 0 Å². The monoisotopic (exact) mass is 325 g/mol. The highest BCUT2D eigenvalue weighted by Gasteiger charge is 2.23. The van der Waals surface area contributed by atoms with Crippen molar-refractivity contribution >= 4 is 16.7 Å². The molecule has 6 nitrogen and oxygen atoms in total. The normalized spacial score (nSPS) is 10.6. The molecule has 0 aliphatic heterocycles. The van der Waals surface area contributed by atoms with Crippen molar-refractivity contribution < 1.29 is 19.4 Å². The second-order valence-electron chi connectivity index (χ2n) is 5.12. The number of aromatic nitrogens is 1. The first-order valence-corrected chi connectivity index (χ1v) is 7.17. The first kappa shape index (κ1) is 15.6. The van der Waals surface area contributed by atoms with E-state index in [1.165, 1.54) is 20.3 Å². The first-order valence-electron chi connectivity index (χ1n) is 7.17. The molecule has 122 valence electrons. The minimum Gasteiger partial charge on any atom is -0.506 e. The zero-order valence-corrected chi connectivity index (χ0v) is 13.1. The Balaban J connectivity index is 2.21. The molecule has 1 heterocycles. The lowest BCUT2D eigenvalue weighted by atomic mass is 10.0. The number of para-hydroxylation sites is 1. The van der Waals surface area contributed by atoms with Crippen LogP contribution in [0.4, 0.5) is 0 Å². The third-order valence-electron chi connectivity index (χ3n) is 3.77. The summed E-state index contributed by atoms with van der Waals surface area (Å²) in [4.78, 5) is 27.7. The molecular weight excluding hydrogens is 310 g/mol. The van der Waals surface area contributed by atoms with Crippen LogP contribution in [0.1, 0.15) is 15.9 Å². The molecular formula is C18H15NO5. The number of pyridine rings is 1. The minimum atomic E-state index is -0.658. The number of aromatic amines is 1. The number of carbonyl (C=O) groups is 1.